The van der Waals surface area contributed by atoms with Crippen molar-refractivity contribution in [1.82, 2.24) is 15.2 Å². The molecule has 0 saturated carbocycles. The molecule has 154 valence electrons. The van der Waals surface area contributed by atoms with Gasteiger partial charge in [-0.1, -0.05) is 12.1 Å². The first kappa shape index (κ1) is 22.7. The van der Waals surface area contributed by atoms with E-state index >= 15 is 0 Å². The highest BCUT2D eigenvalue weighted by Gasteiger charge is 2.15. The summed E-state index contributed by atoms with van der Waals surface area (Å²) in [5.74, 6) is 1.77. The Morgan fingerprint density at radius 1 is 1.29 bits per heavy atom. The zero-order valence-corrected chi connectivity index (χ0v) is 20.0. The van der Waals surface area contributed by atoms with Crippen LogP contribution in [0.1, 0.15) is 24.1 Å². The number of hydrogen-bond acceptors (Lipinski definition) is 5. The second-order valence-electron chi connectivity index (χ2n) is 6.74. The number of guanidine groups is 1. The number of nitrogens with one attached hydrogen (secondary N) is 1. The van der Waals surface area contributed by atoms with Crippen molar-refractivity contribution in [3.05, 3.63) is 40.9 Å². The number of rotatable bonds is 7. The third-order valence-corrected chi connectivity index (χ3v) is 5.68. The molecule has 0 unspecified atom stereocenters. The number of aromatic nitrogens is 1. The van der Waals surface area contributed by atoms with Gasteiger partial charge in [-0.25, -0.2) is 4.98 Å². The first-order chi connectivity index (χ1) is 13.2. The van der Waals surface area contributed by atoms with Crippen molar-refractivity contribution in [2.24, 2.45) is 4.99 Å². The second kappa shape index (κ2) is 11.5. The first-order valence-corrected chi connectivity index (χ1v) is 10.3. The van der Waals surface area contributed by atoms with Gasteiger partial charge < -0.3 is 19.9 Å². The van der Waals surface area contributed by atoms with Crippen LogP contribution in [-0.2, 0) is 13.0 Å². The zero-order chi connectivity index (χ0) is 19.1. The van der Waals surface area contributed by atoms with Crippen LogP contribution in [0.2, 0.25) is 0 Å². The van der Waals surface area contributed by atoms with Gasteiger partial charge in [0.1, 0.15) is 5.75 Å². The third-order valence-electron chi connectivity index (χ3n) is 4.73. The largest absolute Gasteiger partial charge is 0.497 e. The fraction of sp³-hybridized carbons (Fsp3) is 0.500. The number of hydrogen-bond donors (Lipinski definition) is 1. The normalized spacial score (nSPS) is 14.0. The molecule has 0 spiro atoms. The number of benzene rings is 1. The van der Waals surface area contributed by atoms with Crippen molar-refractivity contribution in [2.45, 2.75) is 25.8 Å². The number of methoxy groups -OCH3 is 1. The molecule has 3 rings (SSSR count). The minimum Gasteiger partial charge on any atom is -0.497 e. The lowest BCUT2D eigenvalue weighted by atomic mass is 10.2. The molecule has 2 heterocycles. The van der Waals surface area contributed by atoms with Crippen LogP contribution >= 0.6 is 35.3 Å². The summed E-state index contributed by atoms with van der Waals surface area (Å²) in [7, 11) is 5.55. The molecule has 0 atom stereocenters. The summed E-state index contributed by atoms with van der Waals surface area (Å²) >= 11 is 1.76. The van der Waals surface area contributed by atoms with Gasteiger partial charge in [-0.2, -0.15) is 0 Å². The van der Waals surface area contributed by atoms with Gasteiger partial charge in [0, 0.05) is 52.1 Å². The molecule has 1 aliphatic rings. The minimum atomic E-state index is 0. The highest BCUT2D eigenvalue weighted by Crippen LogP contribution is 2.24. The number of halogens is 1. The summed E-state index contributed by atoms with van der Waals surface area (Å²) in [5.41, 5.74) is 2.37. The van der Waals surface area contributed by atoms with Crippen molar-refractivity contribution >= 4 is 46.4 Å². The molecule has 1 aromatic heterocycles. The molecular formula is C20H30IN5OS. The first-order valence-electron chi connectivity index (χ1n) is 9.43. The quantitative estimate of drug-likeness (QED) is 0.347. The van der Waals surface area contributed by atoms with E-state index in [9.17, 15) is 0 Å². The van der Waals surface area contributed by atoms with Gasteiger partial charge in [0.05, 0.1) is 12.8 Å². The molecule has 28 heavy (non-hydrogen) atoms. The maximum atomic E-state index is 5.21. The fourth-order valence-electron chi connectivity index (χ4n) is 3.23. The Morgan fingerprint density at radius 3 is 2.64 bits per heavy atom. The average molecular weight is 515 g/mol. The van der Waals surface area contributed by atoms with Gasteiger partial charge in [-0.3, -0.25) is 4.99 Å². The Morgan fingerprint density at radius 2 is 2.00 bits per heavy atom. The molecule has 0 amide bonds. The van der Waals surface area contributed by atoms with Crippen LogP contribution in [0.15, 0.2) is 34.6 Å². The Bertz CT molecular complexity index is 743. The summed E-state index contributed by atoms with van der Waals surface area (Å²) in [4.78, 5) is 13.7. The lowest BCUT2D eigenvalue weighted by molar-refractivity contribution is 0.414. The summed E-state index contributed by atoms with van der Waals surface area (Å²) in [6, 6.07) is 8.13. The molecule has 1 N–H and O–H groups in total. The lowest BCUT2D eigenvalue weighted by Crippen LogP contribution is -2.39. The van der Waals surface area contributed by atoms with E-state index in [1.807, 2.05) is 26.2 Å². The summed E-state index contributed by atoms with van der Waals surface area (Å²) in [6.07, 6.45) is 3.47. The van der Waals surface area contributed by atoms with Crippen LogP contribution in [0.3, 0.4) is 0 Å². The minimum absolute atomic E-state index is 0. The van der Waals surface area contributed by atoms with E-state index in [2.05, 4.69) is 37.6 Å². The predicted molar refractivity (Wildman–Crippen MR) is 129 cm³/mol. The van der Waals surface area contributed by atoms with Crippen molar-refractivity contribution in [3.63, 3.8) is 0 Å². The molecular weight excluding hydrogens is 485 g/mol. The van der Waals surface area contributed by atoms with Crippen molar-refractivity contribution < 1.29 is 4.74 Å². The standard InChI is InChI=1S/C20H29N5OS.HI/c1-21-19(24(2)14-16-6-8-18(26-3)9-7-16)22-11-10-17-15-27-20(23-17)25-12-4-5-13-25;/h6-9,15H,4-5,10-14H2,1-3H3,(H,21,22);1H. The second-order valence-corrected chi connectivity index (χ2v) is 7.58. The van der Waals surface area contributed by atoms with Gasteiger partial charge in [-0.15, -0.1) is 35.3 Å². The van der Waals surface area contributed by atoms with Gasteiger partial charge in [0.2, 0.25) is 0 Å². The van der Waals surface area contributed by atoms with Crippen LogP contribution in [0.4, 0.5) is 5.13 Å². The number of aliphatic imine (C=N–C) groups is 1. The van der Waals surface area contributed by atoms with E-state index in [1.165, 1.54) is 23.5 Å². The van der Waals surface area contributed by atoms with E-state index in [0.717, 1.165) is 50.0 Å². The van der Waals surface area contributed by atoms with Crippen LogP contribution in [0.5, 0.6) is 5.75 Å². The number of thiazole rings is 1. The molecule has 1 aliphatic heterocycles. The molecule has 2 aromatic rings. The van der Waals surface area contributed by atoms with Crippen LogP contribution in [0.25, 0.3) is 0 Å². The van der Waals surface area contributed by atoms with Crippen molar-refractivity contribution in [1.29, 1.82) is 0 Å². The van der Waals surface area contributed by atoms with Crippen molar-refractivity contribution in [3.8, 4) is 5.75 Å². The molecule has 0 aliphatic carbocycles. The fourth-order valence-corrected chi connectivity index (χ4v) is 4.15. The highest BCUT2D eigenvalue weighted by molar-refractivity contribution is 14.0. The Balaban J connectivity index is 0.00000280. The molecule has 1 aromatic carbocycles. The smallest absolute Gasteiger partial charge is 0.193 e. The molecule has 0 radical (unpaired) electrons. The maximum Gasteiger partial charge on any atom is 0.193 e. The summed E-state index contributed by atoms with van der Waals surface area (Å²) in [6.45, 7) is 3.91. The summed E-state index contributed by atoms with van der Waals surface area (Å²) < 4.78 is 5.21. The van der Waals surface area contributed by atoms with Crippen LogP contribution < -0.4 is 15.0 Å². The summed E-state index contributed by atoms with van der Waals surface area (Å²) in [5, 5.41) is 6.79. The average Bonchev–Trinajstić information content (AvgIpc) is 3.37. The van der Waals surface area contributed by atoms with E-state index < -0.39 is 0 Å². The van der Waals surface area contributed by atoms with Crippen molar-refractivity contribution in [2.75, 3.05) is 45.7 Å². The van der Waals surface area contributed by atoms with Crippen LogP contribution in [-0.4, -0.2) is 56.7 Å². The van der Waals surface area contributed by atoms with E-state index in [0.29, 0.717) is 0 Å². The number of anilines is 1. The van der Waals surface area contributed by atoms with E-state index in [4.69, 9.17) is 9.72 Å². The predicted octanol–water partition coefficient (Wildman–Crippen LogP) is 3.62. The Labute approximate surface area is 189 Å². The molecule has 8 heteroatoms. The van der Waals surface area contributed by atoms with Gasteiger partial charge in [-0.05, 0) is 30.5 Å². The monoisotopic (exact) mass is 515 g/mol. The zero-order valence-electron chi connectivity index (χ0n) is 16.9. The molecule has 1 saturated heterocycles. The van der Waals surface area contributed by atoms with Gasteiger partial charge in [0.25, 0.3) is 0 Å². The SMILES string of the molecule is CN=C(NCCc1csc(N2CCCC2)n1)N(C)Cc1ccc(OC)cc1.I. The maximum absolute atomic E-state index is 5.21. The van der Waals surface area contributed by atoms with Crippen LogP contribution in [0, 0.1) is 0 Å². The topological polar surface area (TPSA) is 53.0 Å². The molecule has 6 nitrogen and oxygen atoms in total. The van der Waals surface area contributed by atoms with Gasteiger partial charge >= 0.3 is 0 Å². The Kier molecular flexibility index (Phi) is 9.30. The van der Waals surface area contributed by atoms with E-state index in [-0.39, 0.29) is 24.0 Å². The lowest BCUT2D eigenvalue weighted by Gasteiger charge is -2.22. The molecule has 0 bridgehead atoms. The highest BCUT2D eigenvalue weighted by atomic mass is 127. The van der Waals surface area contributed by atoms with E-state index in [1.54, 1.807) is 18.4 Å². The van der Waals surface area contributed by atoms with Gasteiger partial charge in [0.15, 0.2) is 11.1 Å². The Hall–Kier alpha value is -1.55. The number of nitrogens with zero attached hydrogens (tertiary/aromatic N) is 4. The number of ether oxygens (including phenoxy) is 1. The molecule has 1 fully saturated rings. The third kappa shape index (κ3) is 6.23.